The van der Waals surface area contributed by atoms with E-state index in [0.717, 1.165) is 37.2 Å². The maximum atomic E-state index is 13.3. The lowest BCUT2D eigenvalue weighted by Gasteiger charge is -2.30. The smallest absolute Gasteiger partial charge is 0.406 e. The highest BCUT2D eigenvalue weighted by Crippen LogP contribution is 2.28. The number of alkyl carbamates (subject to hydrolysis) is 1. The van der Waals surface area contributed by atoms with E-state index in [1.165, 1.54) is 39.2 Å². The van der Waals surface area contributed by atoms with Crippen LogP contribution in [0.25, 0.3) is 0 Å². The van der Waals surface area contributed by atoms with Crippen molar-refractivity contribution in [2.24, 2.45) is 5.92 Å². The molecule has 0 bridgehead atoms. The first-order chi connectivity index (χ1) is 17.5. The second kappa shape index (κ2) is 17.5. The van der Waals surface area contributed by atoms with Gasteiger partial charge in [0.15, 0.2) is 0 Å². The summed E-state index contributed by atoms with van der Waals surface area (Å²) in [4.78, 5) is 26.6. The molecule has 0 heterocycles. The summed E-state index contributed by atoms with van der Waals surface area (Å²) in [7, 11) is 1.33. The summed E-state index contributed by atoms with van der Waals surface area (Å²) >= 11 is 6.24. The molecule has 0 radical (unpaired) electrons. The van der Waals surface area contributed by atoms with Gasteiger partial charge in [0.05, 0.1) is 19.8 Å². The van der Waals surface area contributed by atoms with E-state index in [0.29, 0.717) is 37.7 Å². The van der Waals surface area contributed by atoms with Gasteiger partial charge in [-0.15, -0.1) is 0 Å². The number of rotatable bonds is 15. The molecule has 2 rings (SSSR count). The Hall–Kier alpha value is -1.99. The normalized spacial score (nSPS) is 15.7. The predicted molar refractivity (Wildman–Crippen MR) is 145 cm³/mol. The number of urea groups is 1. The Morgan fingerprint density at radius 1 is 1.11 bits per heavy atom. The first-order valence-electron chi connectivity index (χ1n) is 13.7. The van der Waals surface area contributed by atoms with E-state index < -0.39 is 6.09 Å². The molecule has 1 aromatic rings. The maximum Gasteiger partial charge on any atom is 0.406 e. The Labute approximate surface area is 222 Å². The minimum absolute atomic E-state index is 0.0170. The Bertz CT molecular complexity index is 773. The second-order valence-corrected chi connectivity index (χ2v) is 10.2. The van der Waals surface area contributed by atoms with Crippen molar-refractivity contribution in [2.45, 2.75) is 90.2 Å². The Morgan fingerprint density at radius 2 is 1.89 bits per heavy atom. The lowest BCUT2D eigenvalue weighted by molar-refractivity contribution is 0.0425. The lowest BCUT2D eigenvalue weighted by atomic mass is 9.84. The van der Waals surface area contributed by atoms with Gasteiger partial charge in [-0.3, -0.25) is 0 Å². The molecule has 1 aliphatic rings. The summed E-state index contributed by atoms with van der Waals surface area (Å²) in [6.45, 7) is 6.21. The molecule has 1 aromatic carbocycles. The summed E-state index contributed by atoms with van der Waals surface area (Å²) in [5, 5.41) is 6.63. The van der Waals surface area contributed by atoms with Crippen molar-refractivity contribution in [2.75, 3.05) is 33.4 Å². The third-order valence-electron chi connectivity index (χ3n) is 6.85. The van der Waals surface area contributed by atoms with E-state index in [-0.39, 0.29) is 18.2 Å². The monoisotopic (exact) mass is 523 g/mol. The standard InChI is InChI=1S/C28H46ClN3O4/c1-4-10-25(20-22-11-7-6-8-12-22)31-27(33)32(17-5-2)18-15-26(23-13-9-14-24(29)21-23)36-19-16-30-28(34)35-3/h9,13-14,21-22,25-26H,4-8,10-12,15-20H2,1-3H3,(H,30,34)(H,31,33)/t25-,26-/m1/s1. The van der Waals surface area contributed by atoms with Crippen LogP contribution >= 0.6 is 11.6 Å². The molecule has 0 aromatic heterocycles. The molecule has 2 N–H and O–H groups in total. The van der Waals surface area contributed by atoms with Crippen LogP contribution in [0.2, 0.25) is 5.02 Å². The fourth-order valence-electron chi connectivity index (χ4n) is 5.03. The van der Waals surface area contributed by atoms with E-state index >= 15 is 0 Å². The zero-order valence-electron chi connectivity index (χ0n) is 22.4. The first-order valence-corrected chi connectivity index (χ1v) is 14.1. The molecular formula is C28H46ClN3O4. The minimum atomic E-state index is -0.487. The first kappa shape index (κ1) is 30.2. The number of methoxy groups -OCH3 is 1. The van der Waals surface area contributed by atoms with Crippen molar-refractivity contribution < 1.29 is 19.1 Å². The van der Waals surface area contributed by atoms with Crippen LogP contribution in [0.3, 0.4) is 0 Å². The number of carbonyl (C=O) groups is 2. The van der Waals surface area contributed by atoms with Crippen LogP contribution in [-0.2, 0) is 9.47 Å². The van der Waals surface area contributed by atoms with Crippen LogP contribution in [0.5, 0.6) is 0 Å². The van der Waals surface area contributed by atoms with E-state index in [9.17, 15) is 9.59 Å². The zero-order valence-corrected chi connectivity index (χ0v) is 23.2. The third kappa shape index (κ3) is 11.4. The van der Waals surface area contributed by atoms with E-state index in [4.69, 9.17) is 16.3 Å². The summed E-state index contributed by atoms with van der Waals surface area (Å²) < 4.78 is 10.7. The highest BCUT2D eigenvalue weighted by molar-refractivity contribution is 6.30. The molecule has 2 atom stereocenters. The van der Waals surface area contributed by atoms with Crippen molar-refractivity contribution in [3.8, 4) is 0 Å². The Kier molecular flexibility index (Phi) is 14.7. The number of hydrogen-bond acceptors (Lipinski definition) is 4. The molecule has 0 spiro atoms. The summed E-state index contributed by atoms with van der Waals surface area (Å²) in [6, 6.07) is 7.86. The quantitative estimate of drug-likeness (QED) is 0.250. The van der Waals surface area contributed by atoms with Gasteiger partial charge >= 0.3 is 12.1 Å². The van der Waals surface area contributed by atoms with Gasteiger partial charge < -0.3 is 25.0 Å². The summed E-state index contributed by atoms with van der Waals surface area (Å²) in [5.74, 6) is 0.731. The Morgan fingerprint density at radius 3 is 2.56 bits per heavy atom. The van der Waals surface area contributed by atoms with E-state index in [1.807, 2.05) is 29.2 Å². The largest absolute Gasteiger partial charge is 0.453 e. The third-order valence-corrected chi connectivity index (χ3v) is 7.08. The molecule has 7 nitrogen and oxygen atoms in total. The summed E-state index contributed by atoms with van der Waals surface area (Å²) in [6.07, 6.45) is 10.5. The molecular weight excluding hydrogens is 478 g/mol. The van der Waals surface area contributed by atoms with Crippen molar-refractivity contribution in [3.63, 3.8) is 0 Å². The predicted octanol–water partition coefficient (Wildman–Crippen LogP) is 6.70. The van der Waals surface area contributed by atoms with Gasteiger partial charge in [-0.1, -0.05) is 76.1 Å². The van der Waals surface area contributed by atoms with Crippen LogP contribution in [0.4, 0.5) is 9.59 Å². The molecule has 0 unspecified atom stereocenters. The van der Waals surface area contributed by atoms with E-state index in [1.54, 1.807) is 0 Å². The average Bonchev–Trinajstić information content (AvgIpc) is 2.88. The van der Waals surface area contributed by atoms with Gasteiger partial charge in [0.25, 0.3) is 0 Å². The zero-order chi connectivity index (χ0) is 26.2. The van der Waals surface area contributed by atoms with Crippen LogP contribution < -0.4 is 10.6 Å². The van der Waals surface area contributed by atoms with Crippen LogP contribution in [-0.4, -0.2) is 56.4 Å². The SMILES string of the molecule is CCC[C@H](CC1CCCCC1)NC(=O)N(CCC)CC[C@@H](OCCNC(=O)OC)c1cccc(Cl)c1. The van der Waals surface area contributed by atoms with Crippen molar-refractivity contribution in [1.29, 1.82) is 0 Å². The van der Waals surface area contributed by atoms with Gasteiger partial charge in [-0.25, -0.2) is 9.59 Å². The topological polar surface area (TPSA) is 79.9 Å². The highest BCUT2D eigenvalue weighted by atomic mass is 35.5. The average molecular weight is 524 g/mol. The van der Waals surface area contributed by atoms with Gasteiger partial charge in [-0.05, 0) is 49.3 Å². The van der Waals surface area contributed by atoms with E-state index in [2.05, 4.69) is 29.2 Å². The minimum Gasteiger partial charge on any atom is -0.453 e. The lowest BCUT2D eigenvalue weighted by Crippen LogP contribution is -2.46. The fraction of sp³-hybridized carbons (Fsp3) is 0.714. The molecule has 1 aliphatic carbocycles. The fourth-order valence-corrected chi connectivity index (χ4v) is 5.22. The molecule has 0 aliphatic heterocycles. The molecule has 3 amide bonds. The number of ether oxygens (including phenoxy) is 2. The van der Waals surface area contributed by atoms with Crippen LogP contribution in [0, 0.1) is 5.92 Å². The number of carbonyl (C=O) groups excluding carboxylic acids is 2. The number of nitrogens with zero attached hydrogens (tertiary/aromatic N) is 1. The van der Waals surface area contributed by atoms with Gasteiger partial charge in [0, 0.05) is 30.7 Å². The maximum absolute atomic E-state index is 13.3. The molecule has 8 heteroatoms. The number of halogens is 1. The highest BCUT2D eigenvalue weighted by Gasteiger charge is 2.23. The number of hydrogen-bond donors (Lipinski definition) is 2. The molecule has 204 valence electrons. The van der Waals surface area contributed by atoms with Gasteiger partial charge in [0.1, 0.15) is 0 Å². The van der Waals surface area contributed by atoms with Crippen molar-refractivity contribution >= 4 is 23.7 Å². The van der Waals surface area contributed by atoms with Crippen molar-refractivity contribution in [3.05, 3.63) is 34.9 Å². The van der Waals surface area contributed by atoms with Crippen LogP contribution in [0.1, 0.15) is 89.7 Å². The second-order valence-electron chi connectivity index (χ2n) is 9.78. The molecule has 1 fully saturated rings. The summed E-state index contributed by atoms with van der Waals surface area (Å²) in [5.41, 5.74) is 0.957. The molecule has 36 heavy (non-hydrogen) atoms. The number of amides is 3. The van der Waals surface area contributed by atoms with Gasteiger partial charge in [0.2, 0.25) is 0 Å². The van der Waals surface area contributed by atoms with Crippen LogP contribution in [0.15, 0.2) is 24.3 Å². The van der Waals surface area contributed by atoms with Gasteiger partial charge in [-0.2, -0.15) is 0 Å². The Balaban J connectivity index is 1.99. The van der Waals surface area contributed by atoms with Crippen molar-refractivity contribution in [1.82, 2.24) is 15.5 Å². The molecule has 1 saturated carbocycles. The molecule has 0 saturated heterocycles. The number of nitrogens with one attached hydrogen (secondary N) is 2. The number of benzene rings is 1.